The van der Waals surface area contributed by atoms with Gasteiger partial charge in [0.05, 0.1) is 13.0 Å². The largest absolute Gasteiger partial charge is 1.00 e. The first-order chi connectivity index (χ1) is 8.15. The number of ketones is 1. The fourth-order valence-corrected chi connectivity index (χ4v) is 1.77. The Morgan fingerprint density at radius 3 is 2.50 bits per heavy atom. The van der Waals surface area contributed by atoms with Crippen LogP contribution in [-0.2, 0) is 4.79 Å². The maximum atomic E-state index is 11.2. The van der Waals surface area contributed by atoms with Gasteiger partial charge in [0.2, 0.25) is 0 Å². The van der Waals surface area contributed by atoms with Crippen LogP contribution in [0.5, 0.6) is 0 Å². The zero-order valence-electron chi connectivity index (χ0n) is 11.0. The van der Waals surface area contributed by atoms with Crippen molar-refractivity contribution in [3.63, 3.8) is 0 Å². The Morgan fingerprint density at radius 1 is 1.33 bits per heavy atom. The number of hydrogen-bond acceptors (Lipinski definition) is 2. The van der Waals surface area contributed by atoms with Crippen molar-refractivity contribution in [2.24, 2.45) is 0 Å². The van der Waals surface area contributed by atoms with Crippen LogP contribution in [0, 0.1) is 0 Å². The lowest BCUT2D eigenvalue weighted by Crippen LogP contribution is -3.00. The van der Waals surface area contributed by atoms with Gasteiger partial charge in [0, 0.05) is 6.42 Å². The van der Waals surface area contributed by atoms with Gasteiger partial charge in [0.1, 0.15) is 17.9 Å². The summed E-state index contributed by atoms with van der Waals surface area (Å²) < 4.78 is 0. The predicted octanol–water partition coefficient (Wildman–Crippen LogP) is -1.95. The molecule has 0 heterocycles. The van der Waals surface area contributed by atoms with E-state index in [0.29, 0.717) is 12.8 Å². The lowest BCUT2D eigenvalue weighted by atomic mass is 10.0. The maximum absolute atomic E-state index is 11.2. The van der Waals surface area contributed by atoms with Crippen LogP contribution in [0.4, 0.5) is 0 Å². The molecule has 0 spiro atoms. The molecule has 0 amide bonds. The van der Waals surface area contributed by atoms with Crippen LogP contribution in [-0.4, -0.2) is 23.5 Å². The second kappa shape index (κ2) is 9.09. The van der Waals surface area contributed by atoms with Crippen molar-refractivity contribution >= 4 is 5.78 Å². The number of nitrogens with two attached hydrogens (primary N) is 1. The number of halogens is 1. The highest BCUT2D eigenvalue weighted by Gasteiger charge is 2.18. The number of aliphatic hydroxyl groups excluding tert-OH is 1. The van der Waals surface area contributed by atoms with Crippen LogP contribution in [0.1, 0.15) is 38.4 Å². The van der Waals surface area contributed by atoms with Crippen LogP contribution in [0.25, 0.3) is 0 Å². The minimum Gasteiger partial charge on any atom is -1.00 e. The van der Waals surface area contributed by atoms with Gasteiger partial charge in [-0.2, -0.15) is 0 Å². The number of benzene rings is 1. The highest BCUT2D eigenvalue weighted by atomic mass is 35.5. The fraction of sp³-hybridized carbons (Fsp3) is 0.500. The van der Waals surface area contributed by atoms with E-state index in [9.17, 15) is 9.90 Å². The summed E-state index contributed by atoms with van der Waals surface area (Å²) in [5.41, 5.74) is 0.929. The molecule has 0 aliphatic carbocycles. The first-order valence-electron chi connectivity index (χ1n) is 6.23. The van der Waals surface area contributed by atoms with Gasteiger partial charge >= 0.3 is 0 Å². The van der Waals surface area contributed by atoms with E-state index in [2.05, 4.69) is 0 Å². The Balaban J connectivity index is 0.00000289. The second-order valence-electron chi connectivity index (χ2n) is 4.38. The molecule has 0 bridgehead atoms. The van der Waals surface area contributed by atoms with Crippen LogP contribution < -0.4 is 17.7 Å². The summed E-state index contributed by atoms with van der Waals surface area (Å²) >= 11 is 0. The monoisotopic (exact) mass is 271 g/mol. The summed E-state index contributed by atoms with van der Waals surface area (Å²) in [6.07, 6.45) is 0.708. The summed E-state index contributed by atoms with van der Waals surface area (Å²) in [7, 11) is 0. The number of Topliss-reactive ketones (excluding diaryl/α,β-unsaturated/α-hetero) is 1. The molecule has 1 aromatic rings. The smallest absolute Gasteiger partial charge is 0.138 e. The molecule has 0 saturated carbocycles. The van der Waals surface area contributed by atoms with Crippen LogP contribution in [0.15, 0.2) is 30.3 Å². The van der Waals surface area contributed by atoms with Crippen LogP contribution in [0.2, 0.25) is 0 Å². The SMILES string of the molecule is CCC(=O)CC[NH2+]C(C)C(O)c1ccccc1.[Cl-]. The Kier molecular flexibility index (Phi) is 8.63. The van der Waals surface area contributed by atoms with E-state index in [-0.39, 0.29) is 24.2 Å². The minimum atomic E-state index is -0.479. The molecule has 102 valence electrons. The highest BCUT2D eigenvalue weighted by Crippen LogP contribution is 2.13. The molecule has 1 aromatic carbocycles. The molecule has 1 rings (SSSR count). The van der Waals surface area contributed by atoms with E-state index in [0.717, 1.165) is 12.1 Å². The minimum absolute atomic E-state index is 0. The molecule has 0 saturated heterocycles. The maximum Gasteiger partial charge on any atom is 0.138 e. The molecule has 3 N–H and O–H groups in total. The zero-order chi connectivity index (χ0) is 12.7. The zero-order valence-corrected chi connectivity index (χ0v) is 11.7. The van der Waals surface area contributed by atoms with Crippen molar-refractivity contribution in [3.8, 4) is 0 Å². The number of carbonyl (C=O) groups excluding carboxylic acids is 1. The van der Waals surface area contributed by atoms with Crippen molar-refractivity contribution in [1.29, 1.82) is 0 Å². The average Bonchev–Trinajstić information content (AvgIpc) is 2.38. The molecule has 2 atom stereocenters. The lowest BCUT2D eigenvalue weighted by molar-refractivity contribution is -0.693. The van der Waals surface area contributed by atoms with Gasteiger partial charge < -0.3 is 22.8 Å². The second-order valence-corrected chi connectivity index (χ2v) is 4.38. The number of rotatable bonds is 7. The first kappa shape index (κ1) is 17.1. The molecule has 0 radical (unpaired) electrons. The van der Waals surface area contributed by atoms with Gasteiger partial charge in [-0.25, -0.2) is 0 Å². The lowest BCUT2D eigenvalue weighted by Gasteiger charge is -2.17. The molecule has 18 heavy (non-hydrogen) atoms. The normalized spacial score (nSPS) is 13.5. The Hall–Kier alpha value is -0.900. The van der Waals surface area contributed by atoms with Gasteiger partial charge in [-0.15, -0.1) is 0 Å². The molecule has 2 unspecified atom stereocenters. The fourth-order valence-electron chi connectivity index (χ4n) is 1.77. The molecular weight excluding hydrogens is 250 g/mol. The molecule has 0 aliphatic heterocycles. The summed E-state index contributed by atoms with van der Waals surface area (Å²) in [6, 6.07) is 9.70. The Labute approximate surface area is 115 Å². The Morgan fingerprint density at radius 2 is 1.94 bits per heavy atom. The molecule has 4 heteroatoms. The number of hydrogen-bond donors (Lipinski definition) is 2. The number of carbonyl (C=O) groups is 1. The predicted molar refractivity (Wildman–Crippen MR) is 67.6 cm³/mol. The quantitative estimate of drug-likeness (QED) is 0.606. The van der Waals surface area contributed by atoms with E-state index in [4.69, 9.17) is 0 Å². The summed E-state index contributed by atoms with van der Waals surface area (Å²) in [5, 5.41) is 12.1. The molecule has 0 aromatic heterocycles. The molecule has 0 aliphatic rings. The third kappa shape index (κ3) is 5.63. The molecule has 0 fully saturated rings. The van der Waals surface area contributed by atoms with Gasteiger partial charge in [-0.05, 0) is 12.5 Å². The van der Waals surface area contributed by atoms with Crippen molar-refractivity contribution in [3.05, 3.63) is 35.9 Å². The average molecular weight is 272 g/mol. The summed E-state index contributed by atoms with van der Waals surface area (Å²) in [6.45, 7) is 4.61. The molecule has 3 nitrogen and oxygen atoms in total. The van der Waals surface area contributed by atoms with Crippen molar-refractivity contribution < 1.29 is 27.6 Å². The van der Waals surface area contributed by atoms with E-state index in [1.807, 2.05) is 49.5 Å². The van der Waals surface area contributed by atoms with E-state index >= 15 is 0 Å². The number of quaternary nitrogens is 1. The van der Waals surface area contributed by atoms with Gasteiger partial charge in [0.25, 0.3) is 0 Å². The van der Waals surface area contributed by atoms with E-state index in [1.165, 1.54) is 0 Å². The highest BCUT2D eigenvalue weighted by molar-refractivity contribution is 5.77. The van der Waals surface area contributed by atoms with E-state index in [1.54, 1.807) is 0 Å². The van der Waals surface area contributed by atoms with E-state index < -0.39 is 6.10 Å². The van der Waals surface area contributed by atoms with Crippen molar-refractivity contribution in [2.75, 3.05) is 6.54 Å². The van der Waals surface area contributed by atoms with Gasteiger partial charge in [0.15, 0.2) is 0 Å². The van der Waals surface area contributed by atoms with Gasteiger partial charge in [-0.3, -0.25) is 4.79 Å². The standard InChI is InChI=1S/C14H21NO2.ClH/c1-3-13(16)9-10-15-11(2)14(17)12-7-5-4-6-8-12;/h4-8,11,14-15,17H,3,9-10H2,1-2H3;1H. The van der Waals surface area contributed by atoms with Gasteiger partial charge in [-0.1, -0.05) is 37.3 Å². The van der Waals surface area contributed by atoms with Crippen LogP contribution in [0.3, 0.4) is 0 Å². The van der Waals surface area contributed by atoms with Crippen molar-refractivity contribution in [1.82, 2.24) is 0 Å². The third-order valence-electron chi connectivity index (χ3n) is 3.00. The third-order valence-corrected chi connectivity index (χ3v) is 3.00. The van der Waals surface area contributed by atoms with Crippen LogP contribution >= 0.6 is 0 Å². The Bertz CT molecular complexity index is 343. The number of aliphatic hydroxyl groups is 1. The molecular formula is C14H22ClNO2. The topological polar surface area (TPSA) is 53.9 Å². The first-order valence-corrected chi connectivity index (χ1v) is 6.23. The summed E-state index contributed by atoms with van der Waals surface area (Å²) in [4.78, 5) is 11.2. The summed E-state index contributed by atoms with van der Waals surface area (Å²) in [5.74, 6) is 0.280. The van der Waals surface area contributed by atoms with Crippen molar-refractivity contribution in [2.45, 2.75) is 38.8 Å².